The van der Waals surface area contributed by atoms with Crippen LogP contribution in [0.4, 0.5) is 0 Å². The van der Waals surface area contributed by atoms with E-state index in [1.54, 1.807) is 13.1 Å². The molecule has 3 rings (SSSR count). The minimum atomic E-state index is -1.55. The van der Waals surface area contributed by atoms with Crippen molar-refractivity contribution in [1.29, 1.82) is 0 Å². The normalized spacial score (nSPS) is 23.3. The van der Waals surface area contributed by atoms with Crippen LogP contribution in [0.5, 0.6) is 0 Å². The molecule has 0 amide bonds. The molecule has 0 saturated heterocycles. The maximum atomic E-state index is 11.4. The summed E-state index contributed by atoms with van der Waals surface area (Å²) in [4.78, 5) is 11.4. The van der Waals surface area contributed by atoms with Crippen molar-refractivity contribution in [2.45, 2.75) is 38.2 Å². The van der Waals surface area contributed by atoms with Gasteiger partial charge in [-0.3, -0.25) is 0 Å². The number of carboxylic acids is 1. The fourth-order valence-electron chi connectivity index (χ4n) is 3.34. The number of rotatable bonds is 6. The van der Waals surface area contributed by atoms with Crippen molar-refractivity contribution in [3.8, 4) is 11.3 Å². The topological polar surface area (TPSA) is 141 Å². The van der Waals surface area contributed by atoms with Gasteiger partial charge in [0.05, 0.1) is 18.8 Å². The van der Waals surface area contributed by atoms with E-state index in [-0.39, 0.29) is 29.6 Å². The first-order valence-corrected chi connectivity index (χ1v) is 8.88. The van der Waals surface area contributed by atoms with E-state index in [1.807, 2.05) is 31.2 Å². The van der Waals surface area contributed by atoms with Gasteiger partial charge in [0.25, 0.3) is 0 Å². The third-order valence-corrected chi connectivity index (χ3v) is 5.00. The summed E-state index contributed by atoms with van der Waals surface area (Å²) in [5.41, 5.74) is 2.53. The molecule has 0 bridgehead atoms. The molecule has 5 atom stereocenters. The maximum absolute atomic E-state index is 11.4. The summed E-state index contributed by atoms with van der Waals surface area (Å²) in [6.07, 6.45) is -1.04. The predicted octanol–water partition coefficient (Wildman–Crippen LogP) is -3.82. The fraction of sp³-hybridized carbons (Fsp3) is 0.421. The molecule has 0 aliphatic carbocycles. The van der Waals surface area contributed by atoms with Gasteiger partial charge >= 0.3 is 29.6 Å². The van der Waals surface area contributed by atoms with Gasteiger partial charge < -0.3 is 30.0 Å². The third kappa shape index (κ3) is 4.88. The number of hydrogen-bond acceptors (Lipinski definition) is 8. The van der Waals surface area contributed by atoms with Crippen molar-refractivity contribution in [1.82, 2.24) is 15.0 Å². The Hall–Kier alpha value is -1.75. The fourth-order valence-corrected chi connectivity index (χ4v) is 3.34. The van der Waals surface area contributed by atoms with Crippen LogP contribution in [0, 0.1) is 12.8 Å². The van der Waals surface area contributed by atoms with Crippen molar-refractivity contribution in [3.05, 3.63) is 47.9 Å². The van der Waals surface area contributed by atoms with E-state index in [4.69, 9.17) is 9.84 Å². The Kier molecular flexibility index (Phi) is 7.98. The number of aliphatic hydroxyl groups excluding tert-OH is 3. The molecule has 0 spiro atoms. The predicted molar refractivity (Wildman–Crippen MR) is 95.5 cm³/mol. The molecule has 9 nitrogen and oxygen atoms in total. The van der Waals surface area contributed by atoms with Gasteiger partial charge in [0.2, 0.25) is 0 Å². The Morgan fingerprint density at radius 3 is 2.66 bits per heavy atom. The molecular weight excluding hydrogens is 389 g/mol. The summed E-state index contributed by atoms with van der Waals surface area (Å²) in [7, 11) is 0. The van der Waals surface area contributed by atoms with Crippen LogP contribution < -0.4 is 34.7 Å². The van der Waals surface area contributed by atoms with Crippen LogP contribution in [0.1, 0.15) is 18.5 Å². The average molecular weight is 411 g/mol. The van der Waals surface area contributed by atoms with Crippen molar-refractivity contribution < 1.29 is 59.5 Å². The number of benzene rings is 1. The SMILES string of the molecule is Cc1ccccc1-c1cn([C@H]2C=C(C(=O)[O-])O[C@@H]([C@H](O)C(O)CO)[C@@H]2C)nn1.[Na+]. The van der Waals surface area contributed by atoms with Gasteiger partial charge in [0.15, 0.2) is 0 Å². The monoisotopic (exact) mass is 411 g/mol. The number of hydrogen-bond donors (Lipinski definition) is 3. The van der Waals surface area contributed by atoms with E-state index in [2.05, 4.69) is 10.3 Å². The molecule has 1 aliphatic heterocycles. The van der Waals surface area contributed by atoms with Gasteiger partial charge in [0, 0.05) is 11.5 Å². The number of aliphatic hydroxyl groups is 3. The Bertz CT molecular complexity index is 886. The van der Waals surface area contributed by atoms with E-state index in [1.165, 1.54) is 10.8 Å². The largest absolute Gasteiger partial charge is 1.00 e. The molecule has 29 heavy (non-hydrogen) atoms. The Morgan fingerprint density at radius 1 is 1.34 bits per heavy atom. The maximum Gasteiger partial charge on any atom is 1.00 e. The molecule has 1 unspecified atom stereocenters. The van der Waals surface area contributed by atoms with Crippen LogP contribution in [0.15, 0.2) is 42.3 Å². The molecule has 1 aromatic heterocycles. The van der Waals surface area contributed by atoms with Gasteiger partial charge in [-0.05, 0) is 18.6 Å². The Balaban J connectivity index is 0.00000300. The molecule has 3 N–H and O–H groups in total. The second kappa shape index (κ2) is 9.84. The van der Waals surface area contributed by atoms with Gasteiger partial charge in [-0.25, -0.2) is 4.68 Å². The Labute approximate surface area is 189 Å². The number of ether oxygens (including phenoxy) is 1. The second-order valence-electron chi connectivity index (χ2n) is 6.89. The molecule has 2 aromatic rings. The first kappa shape index (κ1) is 23.5. The summed E-state index contributed by atoms with van der Waals surface area (Å²) in [6.45, 7) is 2.98. The smallest absolute Gasteiger partial charge is 0.542 e. The van der Waals surface area contributed by atoms with E-state index < -0.39 is 48.6 Å². The second-order valence-corrected chi connectivity index (χ2v) is 6.89. The quantitative estimate of drug-likeness (QED) is 0.411. The molecular formula is C19H22N3NaO6. The number of nitrogens with zero attached hydrogens (tertiary/aromatic N) is 3. The minimum absolute atomic E-state index is 0. The molecule has 0 saturated carbocycles. The summed E-state index contributed by atoms with van der Waals surface area (Å²) in [6, 6.07) is 7.04. The van der Waals surface area contributed by atoms with Crippen LogP contribution in [0.3, 0.4) is 0 Å². The van der Waals surface area contributed by atoms with Crippen LogP contribution in [0.2, 0.25) is 0 Å². The molecule has 10 heteroatoms. The number of aryl methyl sites for hydroxylation is 1. The van der Waals surface area contributed by atoms with Crippen LogP contribution >= 0.6 is 0 Å². The number of carbonyl (C=O) groups excluding carboxylic acids is 1. The van der Waals surface area contributed by atoms with Crippen molar-refractivity contribution >= 4 is 5.97 Å². The molecule has 150 valence electrons. The molecule has 0 radical (unpaired) electrons. The molecule has 1 aliphatic rings. The van der Waals surface area contributed by atoms with Gasteiger partial charge in [-0.1, -0.05) is 36.4 Å². The first-order chi connectivity index (χ1) is 13.3. The number of carbonyl (C=O) groups is 1. The summed E-state index contributed by atoms with van der Waals surface area (Å²) in [5.74, 6) is -2.50. The zero-order chi connectivity index (χ0) is 20.4. The van der Waals surface area contributed by atoms with Crippen LogP contribution in [0.25, 0.3) is 11.3 Å². The number of allylic oxidation sites excluding steroid dienone is 1. The van der Waals surface area contributed by atoms with Crippen LogP contribution in [-0.2, 0) is 9.53 Å². The summed E-state index contributed by atoms with van der Waals surface area (Å²) >= 11 is 0. The zero-order valence-electron chi connectivity index (χ0n) is 16.5. The number of aromatic nitrogens is 3. The number of aliphatic carboxylic acids is 1. The van der Waals surface area contributed by atoms with Crippen LogP contribution in [-0.4, -0.2) is 61.2 Å². The van der Waals surface area contributed by atoms with Gasteiger partial charge in [0.1, 0.15) is 35.7 Å². The Morgan fingerprint density at radius 2 is 2.03 bits per heavy atom. The number of carboxylic acid groups (broad SMARTS) is 1. The average Bonchev–Trinajstić information content (AvgIpc) is 3.16. The van der Waals surface area contributed by atoms with Gasteiger partial charge in [-0.15, -0.1) is 5.10 Å². The standard InChI is InChI=1S/C19H23N3O6.Na/c1-10-5-3-4-6-12(10)13-8-22(21-20-13)14-7-16(19(26)27)28-18(11(14)2)17(25)15(24)9-23;/h3-8,11,14-15,17-18,23-25H,9H2,1-2H3,(H,26,27);/q;+1/p-1/t11-,14+,15?,17-,18-;/m1./s1. The van der Waals surface area contributed by atoms with Gasteiger partial charge in [-0.2, -0.15) is 0 Å². The van der Waals surface area contributed by atoms with E-state index in [0.717, 1.165) is 11.1 Å². The summed E-state index contributed by atoms with van der Waals surface area (Å²) in [5, 5.41) is 48.8. The van der Waals surface area contributed by atoms with Crippen molar-refractivity contribution in [2.24, 2.45) is 5.92 Å². The molecule has 0 fully saturated rings. The van der Waals surface area contributed by atoms with Crippen molar-refractivity contribution in [3.63, 3.8) is 0 Å². The molecule has 1 aromatic carbocycles. The third-order valence-electron chi connectivity index (χ3n) is 5.00. The van der Waals surface area contributed by atoms with E-state index in [9.17, 15) is 20.1 Å². The zero-order valence-corrected chi connectivity index (χ0v) is 18.5. The van der Waals surface area contributed by atoms with E-state index in [0.29, 0.717) is 5.69 Å². The minimum Gasteiger partial charge on any atom is -0.542 e. The summed E-state index contributed by atoms with van der Waals surface area (Å²) < 4.78 is 6.81. The van der Waals surface area contributed by atoms with E-state index >= 15 is 0 Å². The molecule has 2 heterocycles. The van der Waals surface area contributed by atoms with Crippen molar-refractivity contribution in [2.75, 3.05) is 6.61 Å². The first-order valence-electron chi connectivity index (χ1n) is 8.88.